The zero-order chi connectivity index (χ0) is 20.8. The maximum Gasteiger partial charge on any atom is 0.230 e. The summed E-state index contributed by atoms with van der Waals surface area (Å²) in [5.74, 6) is 6.99. The summed E-state index contributed by atoms with van der Waals surface area (Å²) in [7, 11) is 0. The van der Waals surface area contributed by atoms with Gasteiger partial charge >= 0.3 is 0 Å². The van der Waals surface area contributed by atoms with Crippen molar-refractivity contribution in [2.45, 2.75) is 51.0 Å². The lowest BCUT2D eigenvalue weighted by Crippen LogP contribution is -2.46. The fourth-order valence-electron chi connectivity index (χ4n) is 4.43. The number of benzene rings is 1. The molecule has 1 saturated carbocycles. The molecule has 0 spiro atoms. The van der Waals surface area contributed by atoms with Crippen LogP contribution in [-0.2, 0) is 9.59 Å². The first-order valence-electron chi connectivity index (χ1n) is 11.2. The van der Waals surface area contributed by atoms with Gasteiger partial charge in [-0.15, -0.1) is 12.4 Å². The van der Waals surface area contributed by atoms with Gasteiger partial charge in [0.2, 0.25) is 11.8 Å². The molecule has 2 aliphatic heterocycles. The van der Waals surface area contributed by atoms with Crippen LogP contribution in [0.5, 0.6) is 5.75 Å². The molecule has 2 saturated heterocycles. The van der Waals surface area contributed by atoms with Gasteiger partial charge in [-0.3, -0.25) is 19.4 Å². The molecule has 1 aromatic rings. The van der Waals surface area contributed by atoms with Crippen molar-refractivity contribution in [3.63, 3.8) is 0 Å². The highest BCUT2D eigenvalue weighted by Crippen LogP contribution is 2.32. The number of halogens is 1. The van der Waals surface area contributed by atoms with Crippen LogP contribution in [0.2, 0.25) is 0 Å². The van der Waals surface area contributed by atoms with E-state index in [9.17, 15) is 9.59 Å². The van der Waals surface area contributed by atoms with Gasteiger partial charge in [-0.1, -0.05) is 24.0 Å². The number of likely N-dealkylation sites (tertiary alicyclic amines) is 1. The number of hydrogen-bond acceptors (Lipinski definition) is 5. The largest absolute Gasteiger partial charge is 0.488 e. The van der Waals surface area contributed by atoms with Crippen LogP contribution in [0.3, 0.4) is 0 Å². The summed E-state index contributed by atoms with van der Waals surface area (Å²) in [5.41, 5.74) is 1.19. The number of nitrogens with zero attached hydrogens (tertiary/aromatic N) is 3. The van der Waals surface area contributed by atoms with Crippen LogP contribution in [0.4, 0.5) is 5.69 Å². The van der Waals surface area contributed by atoms with E-state index in [0.717, 1.165) is 44.8 Å². The third-order valence-corrected chi connectivity index (χ3v) is 6.22. The molecule has 31 heavy (non-hydrogen) atoms. The average Bonchev–Trinajstić information content (AvgIpc) is 3.27. The van der Waals surface area contributed by atoms with Crippen LogP contribution in [0.15, 0.2) is 24.3 Å². The highest BCUT2D eigenvalue weighted by atomic mass is 35.5. The SMILES string of the molecule is Cl.O=C1CCCC(=O)N1CC#CCN1CCN(c2ccccc2OC2CCCC2)CC1. The predicted molar refractivity (Wildman–Crippen MR) is 124 cm³/mol. The van der Waals surface area contributed by atoms with E-state index in [4.69, 9.17) is 4.74 Å². The number of para-hydroxylation sites is 2. The van der Waals surface area contributed by atoms with Crippen LogP contribution in [0.1, 0.15) is 44.9 Å². The number of carbonyl (C=O) groups is 2. The normalized spacial score (nSPS) is 20.3. The van der Waals surface area contributed by atoms with Crippen molar-refractivity contribution in [3.05, 3.63) is 24.3 Å². The summed E-state index contributed by atoms with van der Waals surface area (Å²) < 4.78 is 6.30. The summed E-state index contributed by atoms with van der Waals surface area (Å²) in [6.45, 7) is 4.65. The van der Waals surface area contributed by atoms with Crippen LogP contribution in [0.25, 0.3) is 0 Å². The molecular formula is C24H32ClN3O3. The molecule has 1 aromatic carbocycles. The fourth-order valence-corrected chi connectivity index (χ4v) is 4.43. The molecule has 2 amide bonds. The Hall–Kier alpha value is -2.23. The van der Waals surface area contributed by atoms with Crippen molar-refractivity contribution in [2.24, 2.45) is 0 Å². The van der Waals surface area contributed by atoms with Gasteiger partial charge in [0.25, 0.3) is 0 Å². The lowest BCUT2D eigenvalue weighted by Gasteiger charge is -2.36. The van der Waals surface area contributed by atoms with Crippen LogP contribution in [-0.4, -0.2) is 67.0 Å². The summed E-state index contributed by atoms with van der Waals surface area (Å²) in [4.78, 5) is 29.7. The quantitative estimate of drug-likeness (QED) is 0.515. The molecule has 7 heteroatoms. The highest BCUT2D eigenvalue weighted by Gasteiger charge is 2.25. The van der Waals surface area contributed by atoms with Crippen molar-refractivity contribution in [1.82, 2.24) is 9.80 Å². The summed E-state index contributed by atoms with van der Waals surface area (Å²) >= 11 is 0. The first kappa shape index (κ1) is 23.4. The van der Waals surface area contributed by atoms with Crippen molar-refractivity contribution < 1.29 is 14.3 Å². The van der Waals surface area contributed by atoms with Crippen molar-refractivity contribution in [3.8, 4) is 17.6 Å². The van der Waals surface area contributed by atoms with Gasteiger partial charge in [-0.05, 0) is 44.2 Å². The molecule has 0 bridgehead atoms. The van der Waals surface area contributed by atoms with Gasteiger partial charge < -0.3 is 9.64 Å². The molecule has 4 rings (SSSR count). The predicted octanol–water partition coefficient (Wildman–Crippen LogP) is 3.09. The minimum absolute atomic E-state index is 0. The van der Waals surface area contributed by atoms with Crippen molar-refractivity contribution in [2.75, 3.05) is 44.2 Å². The zero-order valence-corrected chi connectivity index (χ0v) is 18.9. The number of anilines is 1. The first-order valence-corrected chi connectivity index (χ1v) is 11.2. The molecule has 168 valence electrons. The molecular weight excluding hydrogens is 414 g/mol. The van der Waals surface area contributed by atoms with Gasteiger partial charge in [-0.2, -0.15) is 0 Å². The van der Waals surface area contributed by atoms with Crippen LogP contribution >= 0.6 is 12.4 Å². The number of ether oxygens (including phenoxy) is 1. The standard InChI is InChI=1S/C24H31N3O3.ClH/c28-23-12-7-13-24(29)27(23)15-6-5-14-25-16-18-26(19-17-25)21-10-3-4-11-22(21)30-20-8-1-2-9-20;/h3-4,10-11,20H,1-2,7-9,12-19H2;1H. The number of imide groups is 1. The van der Waals surface area contributed by atoms with E-state index in [1.54, 1.807) is 0 Å². The minimum Gasteiger partial charge on any atom is -0.488 e. The Balaban J connectivity index is 0.00000272. The third kappa shape index (κ3) is 6.15. The Morgan fingerprint density at radius 3 is 2.23 bits per heavy atom. The molecule has 0 atom stereocenters. The summed E-state index contributed by atoms with van der Waals surface area (Å²) in [6, 6.07) is 8.39. The first-order chi connectivity index (χ1) is 14.7. The van der Waals surface area contributed by atoms with Crippen molar-refractivity contribution >= 4 is 29.9 Å². The van der Waals surface area contributed by atoms with Gasteiger partial charge in [0.1, 0.15) is 5.75 Å². The van der Waals surface area contributed by atoms with Gasteiger partial charge in [0, 0.05) is 39.0 Å². The fraction of sp³-hybridized carbons (Fsp3) is 0.583. The van der Waals surface area contributed by atoms with E-state index in [0.29, 0.717) is 31.9 Å². The van der Waals surface area contributed by atoms with E-state index in [-0.39, 0.29) is 30.8 Å². The number of carbonyl (C=O) groups excluding carboxylic acids is 2. The monoisotopic (exact) mass is 445 g/mol. The highest BCUT2D eigenvalue weighted by molar-refractivity contribution is 5.97. The van der Waals surface area contributed by atoms with Crippen LogP contribution in [0, 0.1) is 11.8 Å². The Morgan fingerprint density at radius 2 is 1.52 bits per heavy atom. The second kappa shape index (κ2) is 11.4. The smallest absolute Gasteiger partial charge is 0.230 e. The number of piperidine rings is 1. The second-order valence-electron chi connectivity index (χ2n) is 8.34. The van der Waals surface area contributed by atoms with Crippen LogP contribution < -0.4 is 9.64 Å². The number of rotatable bonds is 5. The topological polar surface area (TPSA) is 53.1 Å². The van der Waals surface area contributed by atoms with E-state index < -0.39 is 0 Å². The van der Waals surface area contributed by atoms with E-state index in [1.165, 1.54) is 23.4 Å². The molecule has 6 nitrogen and oxygen atoms in total. The van der Waals surface area contributed by atoms with Gasteiger partial charge in [0.05, 0.1) is 24.9 Å². The Kier molecular flexibility index (Phi) is 8.62. The zero-order valence-electron chi connectivity index (χ0n) is 18.1. The lowest BCUT2D eigenvalue weighted by atomic mass is 10.1. The molecule has 2 heterocycles. The van der Waals surface area contributed by atoms with Crippen molar-refractivity contribution in [1.29, 1.82) is 0 Å². The van der Waals surface area contributed by atoms with E-state index in [1.807, 2.05) is 0 Å². The second-order valence-corrected chi connectivity index (χ2v) is 8.34. The number of amides is 2. The molecule has 0 radical (unpaired) electrons. The van der Waals surface area contributed by atoms with Gasteiger partial charge in [-0.25, -0.2) is 0 Å². The van der Waals surface area contributed by atoms with E-state index >= 15 is 0 Å². The Labute approximate surface area is 191 Å². The molecule has 0 unspecified atom stereocenters. The Morgan fingerprint density at radius 1 is 0.871 bits per heavy atom. The maximum atomic E-state index is 11.8. The lowest BCUT2D eigenvalue weighted by molar-refractivity contribution is -0.147. The molecule has 0 aromatic heterocycles. The minimum atomic E-state index is -0.0901. The van der Waals surface area contributed by atoms with E-state index in [2.05, 4.69) is 45.9 Å². The summed E-state index contributed by atoms with van der Waals surface area (Å²) in [5, 5.41) is 0. The average molecular weight is 446 g/mol. The number of hydrogen-bond donors (Lipinski definition) is 0. The molecule has 1 aliphatic carbocycles. The summed E-state index contributed by atoms with van der Waals surface area (Å²) in [6.07, 6.45) is 6.81. The van der Waals surface area contributed by atoms with Gasteiger partial charge in [0.15, 0.2) is 0 Å². The Bertz CT molecular complexity index is 805. The maximum absolute atomic E-state index is 11.8. The molecule has 3 aliphatic rings. The molecule has 0 N–H and O–H groups in total. The molecule has 3 fully saturated rings. The third-order valence-electron chi connectivity index (χ3n) is 6.22. The number of piperazine rings is 1.